The molecule has 7 heteroatoms. The zero-order valence-corrected chi connectivity index (χ0v) is 15.9. The van der Waals surface area contributed by atoms with E-state index in [1.54, 1.807) is 61.5 Å². The number of amides is 2. The third kappa shape index (κ3) is 5.37. The van der Waals surface area contributed by atoms with Crippen molar-refractivity contribution in [3.8, 4) is 5.75 Å². The van der Waals surface area contributed by atoms with Crippen molar-refractivity contribution in [2.24, 2.45) is 0 Å². The van der Waals surface area contributed by atoms with Crippen molar-refractivity contribution in [1.82, 2.24) is 5.32 Å². The number of benzene rings is 2. The van der Waals surface area contributed by atoms with Crippen LogP contribution in [0.4, 0.5) is 5.69 Å². The Morgan fingerprint density at radius 3 is 2.68 bits per heavy atom. The summed E-state index contributed by atoms with van der Waals surface area (Å²) < 4.78 is 10.7. The van der Waals surface area contributed by atoms with Crippen molar-refractivity contribution >= 4 is 29.1 Å². The topological polar surface area (TPSA) is 80.6 Å². The lowest BCUT2D eigenvalue weighted by Crippen LogP contribution is -2.35. The van der Waals surface area contributed by atoms with Crippen LogP contribution in [0.2, 0.25) is 5.02 Å². The third-order valence-electron chi connectivity index (χ3n) is 3.87. The van der Waals surface area contributed by atoms with Gasteiger partial charge in [0.05, 0.1) is 6.26 Å². The minimum atomic E-state index is -0.680. The van der Waals surface area contributed by atoms with Gasteiger partial charge in [0.15, 0.2) is 11.9 Å². The highest BCUT2D eigenvalue weighted by Crippen LogP contribution is 2.18. The van der Waals surface area contributed by atoms with E-state index in [1.807, 2.05) is 6.07 Å². The molecule has 2 amide bonds. The van der Waals surface area contributed by atoms with Gasteiger partial charge in [-0.1, -0.05) is 29.8 Å². The molecule has 2 N–H and O–H groups in total. The first-order valence-corrected chi connectivity index (χ1v) is 9.03. The zero-order chi connectivity index (χ0) is 19.9. The van der Waals surface area contributed by atoms with Gasteiger partial charge in [0.25, 0.3) is 11.8 Å². The SMILES string of the molecule is CC(Oc1cccc(Cl)c1)C(=O)NCc1cccc(NC(=O)c2ccco2)c1. The van der Waals surface area contributed by atoms with Gasteiger partial charge in [-0.15, -0.1) is 0 Å². The van der Waals surface area contributed by atoms with Gasteiger partial charge in [0, 0.05) is 17.3 Å². The minimum Gasteiger partial charge on any atom is -0.481 e. The standard InChI is InChI=1S/C21H19ClN2O4/c1-14(28-18-8-3-6-16(22)12-18)20(25)23-13-15-5-2-7-17(11-15)24-21(26)19-9-4-10-27-19/h2-12,14H,13H2,1H3,(H,23,25)(H,24,26). The Balaban J connectivity index is 1.53. The largest absolute Gasteiger partial charge is 0.481 e. The fourth-order valence-electron chi connectivity index (χ4n) is 2.49. The molecule has 144 valence electrons. The van der Waals surface area contributed by atoms with Gasteiger partial charge in [-0.3, -0.25) is 9.59 Å². The molecular formula is C21H19ClN2O4. The normalized spacial score (nSPS) is 11.5. The number of rotatable bonds is 7. The van der Waals surface area contributed by atoms with Crippen LogP contribution in [-0.2, 0) is 11.3 Å². The highest BCUT2D eigenvalue weighted by molar-refractivity contribution is 6.30. The second kappa shape index (κ2) is 9.10. The second-order valence-electron chi connectivity index (χ2n) is 6.07. The fraction of sp³-hybridized carbons (Fsp3) is 0.143. The summed E-state index contributed by atoms with van der Waals surface area (Å²) in [7, 11) is 0. The summed E-state index contributed by atoms with van der Waals surface area (Å²) in [5, 5.41) is 6.10. The second-order valence-corrected chi connectivity index (χ2v) is 6.50. The van der Waals surface area contributed by atoms with E-state index in [0.717, 1.165) is 5.56 Å². The van der Waals surface area contributed by atoms with Crippen molar-refractivity contribution in [3.05, 3.63) is 83.3 Å². The van der Waals surface area contributed by atoms with E-state index in [4.69, 9.17) is 20.8 Å². The lowest BCUT2D eigenvalue weighted by atomic mass is 10.2. The Morgan fingerprint density at radius 2 is 1.93 bits per heavy atom. The number of halogens is 1. The monoisotopic (exact) mass is 398 g/mol. The van der Waals surface area contributed by atoms with Crippen molar-refractivity contribution in [3.63, 3.8) is 0 Å². The Morgan fingerprint density at radius 1 is 1.11 bits per heavy atom. The predicted molar refractivity (Wildman–Crippen MR) is 106 cm³/mol. The smallest absolute Gasteiger partial charge is 0.291 e. The summed E-state index contributed by atoms with van der Waals surface area (Å²) in [6.07, 6.45) is 0.758. The number of carbonyl (C=O) groups is 2. The molecule has 3 rings (SSSR count). The predicted octanol–water partition coefficient (Wildman–Crippen LogP) is 4.27. The van der Waals surface area contributed by atoms with E-state index in [0.29, 0.717) is 23.0 Å². The first-order valence-electron chi connectivity index (χ1n) is 8.65. The maximum absolute atomic E-state index is 12.3. The average Bonchev–Trinajstić information content (AvgIpc) is 3.21. The summed E-state index contributed by atoms with van der Waals surface area (Å²) in [5.74, 6) is 0.156. The summed E-state index contributed by atoms with van der Waals surface area (Å²) in [4.78, 5) is 24.3. The van der Waals surface area contributed by atoms with Gasteiger partial charge >= 0.3 is 0 Å². The molecule has 3 aromatic rings. The number of anilines is 1. The highest BCUT2D eigenvalue weighted by atomic mass is 35.5. The van der Waals surface area contributed by atoms with E-state index in [1.165, 1.54) is 6.26 Å². The Kier molecular flexibility index (Phi) is 6.34. The highest BCUT2D eigenvalue weighted by Gasteiger charge is 2.15. The Bertz CT molecular complexity index is 957. The maximum Gasteiger partial charge on any atom is 0.291 e. The van der Waals surface area contributed by atoms with Crippen LogP contribution in [0.15, 0.2) is 71.3 Å². The zero-order valence-electron chi connectivity index (χ0n) is 15.1. The average molecular weight is 399 g/mol. The van der Waals surface area contributed by atoms with Gasteiger partial charge < -0.3 is 19.8 Å². The van der Waals surface area contributed by atoms with Gasteiger partial charge in [-0.25, -0.2) is 0 Å². The molecule has 1 atom stereocenters. The van der Waals surface area contributed by atoms with Crippen molar-refractivity contribution < 1.29 is 18.7 Å². The lowest BCUT2D eigenvalue weighted by molar-refractivity contribution is -0.127. The molecule has 0 aliphatic carbocycles. The number of ether oxygens (including phenoxy) is 1. The van der Waals surface area contributed by atoms with Gasteiger partial charge in [0.1, 0.15) is 5.75 Å². The fourth-order valence-corrected chi connectivity index (χ4v) is 2.67. The van der Waals surface area contributed by atoms with E-state index >= 15 is 0 Å². The van der Waals surface area contributed by atoms with E-state index in [9.17, 15) is 9.59 Å². The molecule has 1 unspecified atom stereocenters. The van der Waals surface area contributed by atoms with Crippen molar-refractivity contribution in [1.29, 1.82) is 0 Å². The molecule has 0 spiro atoms. The first kappa shape index (κ1) is 19.5. The van der Waals surface area contributed by atoms with E-state index < -0.39 is 6.10 Å². The molecule has 28 heavy (non-hydrogen) atoms. The molecule has 0 aliphatic rings. The number of furan rings is 1. The van der Waals surface area contributed by atoms with E-state index in [-0.39, 0.29) is 17.6 Å². The van der Waals surface area contributed by atoms with E-state index in [2.05, 4.69) is 10.6 Å². The molecule has 0 bridgehead atoms. The molecule has 1 heterocycles. The van der Waals surface area contributed by atoms with Gasteiger partial charge in [0.2, 0.25) is 0 Å². The van der Waals surface area contributed by atoms with Crippen molar-refractivity contribution in [2.45, 2.75) is 19.6 Å². The Hall–Kier alpha value is -3.25. The summed E-state index contributed by atoms with van der Waals surface area (Å²) in [6, 6.07) is 17.3. The lowest BCUT2D eigenvalue weighted by Gasteiger charge is -2.15. The maximum atomic E-state index is 12.3. The molecular weight excluding hydrogens is 380 g/mol. The number of carbonyl (C=O) groups excluding carboxylic acids is 2. The first-order chi connectivity index (χ1) is 13.5. The summed E-state index contributed by atoms with van der Waals surface area (Å²) in [5.41, 5.74) is 1.44. The molecule has 0 fully saturated rings. The quantitative estimate of drug-likeness (QED) is 0.622. The number of hydrogen-bond acceptors (Lipinski definition) is 4. The van der Waals surface area contributed by atoms with Crippen LogP contribution in [-0.4, -0.2) is 17.9 Å². The third-order valence-corrected chi connectivity index (χ3v) is 4.11. The van der Waals surface area contributed by atoms with Crippen LogP contribution in [0.5, 0.6) is 5.75 Å². The minimum absolute atomic E-state index is 0.227. The van der Waals surface area contributed by atoms with Gasteiger partial charge in [-0.2, -0.15) is 0 Å². The van der Waals surface area contributed by atoms with Crippen LogP contribution >= 0.6 is 11.6 Å². The molecule has 1 aromatic heterocycles. The summed E-state index contributed by atoms with van der Waals surface area (Å²) in [6.45, 7) is 1.96. The number of nitrogens with one attached hydrogen (secondary N) is 2. The Labute approximate surface area is 167 Å². The molecule has 2 aromatic carbocycles. The summed E-state index contributed by atoms with van der Waals surface area (Å²) >= 11 is 5.92. The van der Waals surface area contributed by atoms with Crippen LogP contribution in [0, 0.1) is 0 Å². The molecule has 0 saturated carbocycles. The van der Waals surface area contributed by atoms with Crippen molar-refractivity contribution in [2.75, 3.05) is 5.32 Å². The van der Waals surface area contributed by atoms with Gasteiger partial charge in [-0.05, 0) is 55.0 Å². The number of hydrogen-bond donors (Lipinski definition) is 2. The molecule has 0 saturated heterocycles. The molecule has 0 radical (unpaired) electrons. The molecule has 0 aliphatic heterocycles. The van der Waals surface area contributed by atoms with Crippen LogP contribution in [0.25, 0.3) is 0 Å². The van der Waals surface area contributed by atoms with Crippen LogP contribution in [0.1, 0.15) is 23.0 Å². The van der Waals surface area contributed by atoms with Crippen LogP contribution < -0.4 is 15.4 Å². The molecule has 6 nitrogen and oxygen atoms in total. The van der Waals surface area contributed by atoms with Crippen LogP contribution in [0.3, 0.4) is 0 Å².